The Kier molecular flexibility index (Phi) is 20.5. The summed E-state index contributed by atoms with van der Waals surface area (Å²) in [6.07, 6.45) is 16.0. The fraction of sp³-hybridized carbons (Fsp3) is 0.326. The number of allylic oxidation sites excluding steroid dienone is 8. The van der Waals surface area contributed by atoms with Crippen LogP contribution in [0.2, 0.25) is 0 Å². The van der Waals surface area contributed by atoms with Gasteiger partial charge in [-0.1, -0.05) is 98.8 Å². The first kappa shape index (κ1) is 53.0. The van der Waals surface area contributed by atoms with Gasteiger partial charge in [0.05, 0.1) is 25.7 Å². The Labute approximate surface area is 388 Å². The molecule has 0 saturated carbocycles. The summed E-state index contributed by atoms with van der Waals surface area (Å²) in [6.45, 7) is 10.0. The van der Waals surface area contributed by atoms with Crippen LogP contribution in [0.25, 0.3) is 21.5 Å². The molecule has 0 radical (unpaired) electrons. The Morgan fingerprint density at radius 3 is 1.78 bits per heavy atom. The molecule has 318 valence electrons. The van der Waals surface area contributed by atoms with Gasteiger partial charge in [-0.2, -0.15) is 4.58 Å². The first-order valence-electron chi connectivity index (χ1n) is 18.4. The minimum absolute atomic E-state index is 0. The van der Waals surface area contributed by atoms with E-state index in [1.54, 1.807) is 0 Å². The second-order valence-corrected chi connectivity index (χ2v) is 21.3. The monoisotopic (exact) mass is 1070 g/mol. The van der Waals surface area contributed by atoms with Crippen LogP contribution in [0, 0.1) is 0 Å². The van der Waals surface area contributed by atoms with Crippen LogP contribution in [0.3, 0.4) is 0 Å². The van der Waals surface area contributed by atoms with Crippen molar-refractivity contribution in [2.24, 2.45) is 0 Å². The maximum Gasteiger partial charge on any atom is 1.00 e. The van der Waals surface area contributed by atoms with Gasteiger partial charge in [0.15, 0.2) is 5.71 Å². The van der Waals surface area contributed by atoms with E-state index < -0.39 is 36.7 Å². The molecule has 6 rings (SSSR count). The molecule has 2 heterocycles. The van der Waals surface area contributed by atoms with Crippen LogP contribution in [0.15, 0.2) is 121 Å². The number of benzene rings is 4. The molecule has 0 atom stereocenters. The van der Waals surface area contributed by atoms with E-state index in [1.165, 1.54) is 21.9 Å². The third-order valence-corrected chi connectivity index (χ3v) is 12.1. The zero-order valence-corrected chi connectivity index (χ0v) is 41.7. The number of unbranched alkanes of at least 4 members (excludes halogenated alkanes) is 2. The standard InChI is InChI=1S/C43H48N2O6S2.2ClH.2H3N.Na.Pt/c1-42(2)38(44(28-14-16-30-52(46,47)48)36-26-24-32-18-10-12-20-34(32)40(36)42)22-8-6-5-7-9-23-39-43(3,4)41-35-21-13-11-19-33(35)25-27-37(41)45(39)29-15-17-31-53(49,50)51;;;;;;/h5-13,18-27H,14-17,28-31H2,1-4H3,(H-,46,47,48,49,50,51);2*1H;2*1H3;;/q;;;;;+1;+2/p-3. The van der Waals surface area contributed by atoms with E-state index in [9.17, 15) is 25.9 Å². The fourth-order valence-electron chi connectivity index (χ4n) is 8.14. The Morgan fingerprint density at radius 1 is 0.678 bits per heavy atom. The van der Waals surface area contributed by atoms with E-state index in [-0.39, 0.29) is 64.2 Å². The van der Waals surface area contributed by atoms with E-state index in [4.69, 9.17) is 18.8 Å². The van der Waals surface area contributed by atoms with Crippen LogP contribution in [0.5, 0.6) is 0 Å². The number of rotatable bonds is 14. The van der Waals surface area contributed by atoms with Crippen molar-refractivity contribution in [2.75, 3.05) is 29.5 Å². The van der Waals surface area contributed by atoms with E-state index in [1.807, 2.05) is 42.5 Å². The molecule has 4 aromatic carbocycles. The van der Waals surface area contributed by atoms with Gasteiger partial charge >= 0.3 is 64.9 Å². The van der Waals surface area contributed by atoms with Crippen molar-refractivity contribution in [1.82, 2.24) is 12.3 Å². The Morgan fingerprint density at radius 2 is 1.19 bits per heavy atom. The second-order valence-electron chi connectivity index (χ2n) is 15.0. The van der Waals surface area contributed by atoms with Crippen molar-refractivity contribution in [3.05, 3.63) is 132 Å². The predicted octanol–water partition coefficient (Wildman–Crippen LogP) is 7.07. The first-order valence-corrected chi connectivity index (χ1v) is 27.2. The normalized spacial score (nSPS) is 16.3. The number of fused-ring (bicyclic) bond motifs is 6. The molecule has 2 aliphatic rings. The number of anilines is 1. The number of nitrogens with zero attached hydrogens (tertiary/aromatic N) is 2. The molecule has 0 bridgehead atoms. The summed E-state index contributed by atoms with van der Waals surface area (Å²) in [5.74, 6) is -0.733. The van der Waals surface area contributed by atoms with Crippen LogP contribution in [0.1, 0.15) is 64.5 Å². The second kappa shape index (κ2) is 22.8. The van der Waals surface area contributed by atoms with Crippen LogP contribution < -0.4 is 46.8 Å². The van der Waals surface area contributed by atoms with Crippen LogP contribution in [-0.4, -0.2) is 60.8 Å². The van der Waals surface area contributed by atoms with Gasteiger partial charge < -0.3 is 26.3 Å². The molecule has 0 unspecified atom stereocenters. The quantitative estimate of drug-likeness (QED) is 0.0437. The molecule has 0 amide bonds. The van der Waals surface area contributed by atoms with Gasteiger partial charge in [-0.05, 0) is 78.4 Å². The third-order valence-electron chi connectivity index (χ3n) is 10.5. The van der Waals surface area contributed by atoms with E-state index in [0.29, 0.717) is 38.8 Å². The van der Waals surface area contributed by atoms with Crippen molar-refractivity contribution in [1.29, 1.82) is 0 Å². The molecule has 10 nitrogen and oxygen atoms in total. The zero-order valence-electron chi connectivity index (χ0n) is 34.3. The predicted molar refractivity (Wildman–Crippen MR) is 236 cm³/mol. The molecule has 0 spiro atoms. The van der Waals surface area contributed by atoms with Gasteiger partial charge in [0.1, 0.15) is 6.54 Å². The van der Waals surface area contributed by atoms with Gasteiger partial charge in [-0.15, -0.1) is 0 Å². The van der Waals surface area contributed by atoms with Gasteiger partial charge in [0.2, 0.25) is 5.69 Å². The van der Waals surface area contributed by atoms with Crippen LogP contribution in [0.4, 0.5) is 11.4 Å². The topological polar surface area (TPSA) is 191 Å². The minimum atomic E-state index is -4.26. The minimum Gasteiger partial charge on any atom is 1.00 e. The van der Waals surface area contributed by atoms with Gasteiger partial charge in [-0.3, -0.25) is 0 Å². The molecular weight excluding hydrogens is 1020 g/mol. The van der Waals surface area contributed by atoms with Crippen molar-refractivity contribution in [3.8, 4) is 0 Å². The summed E-state index contributed by atoms with van der Waals surface area (Å²) in [7, 11) is 1.23. The molecule has 4 aromatic rings. The molecule has 0 aliphatic carbocycles. The number of hydrogen-bond donors (Lipinski definition) is 2. The van der Waals surface area contributed by atoms with Gasteiger partial charge in [-0.25, -0.2) is 16.8 Å². The number of hydrogen-bond acceptors (Lipinski definition) is 9. The van der Waals surface area contributed by atoms with Crippen molar-refractivity contribution in [2.45, 2.75) is 64.2 Å². The maximum atomic E-state index is 11.3. The molecule has 59 heavy (non-hydrogen) atoms. The summed E-state index contributed by atoms with van der Waals surface area (Å²) in [5, 5.41) is 4.70. The van der Waals surface area contributed by atoms with Crippen LogP contribution in [-0.2, 0) is 47.5 Å². The van der Waals surface area contributed by atoms with Gasteiger partial charge in [0.25, 0.3) is 0 Å². The molecular formula is C43H53Cl2N4NaO6PtS2. The fourth-order valence-corrected chi connectivity index (χ4v) is 9.25. The molecule has 0 fully saturated rings. The average molecular weight is 1080 g/mol. The summed E-state index contributed by atoms with van der Waals surface area (Å²) >= 11 is -0.472. The van der Waals surface area contributed by atoms with E-state index in [2.05, 4.69) is 110 Å². The zero-order chi connectivity index (χ0) is 40.7. The summed E-state index contributed by atoms with van der Waals surface area (Å²) in [5.41, 5.74) is 6.22. The Bertz CT molecular complexity index is 2470. The van der Waals surface area contributed by atoms with Crippen LogP contribution >= 0.6 is 18.8 Å². The Hall–Kier alpha value is -2.16. The van der Waals surface area contributed by atoms with Gasteiger partial charge in [0, 0.05) is 59.0 Å². The summed E-state index contributed by atoms with van der Waals surface area (Å²) in [4.78, 5) is 2.26. The molecule has 2 aliphatic heterocycles. The largest absolute Gasteiger partial charge is 1.00 e. The average Bonchev–Trinajstić information content (AvgIpc) is 3.49. The summed E-state index contributed by atoms with van der Waals surface area (Å²) < 4.78 is 69.8. The van der Waals surface area contributed by atoms with Crippen molar-refractivity contribution in [3.63, 3.8) is 0 Å². The van der Waals surface area contributed by atoms with E-state index in [0.717, 1.165) is 33.6 Å². The maximum absolute atomic E-state index is 11.3. The van der Waals surface area contributed by atoms with E-state index >= 15 is 0 Å². The SMILES string of the molecule is CC1(C)C(/C=C/C=C/C=C/C=C2\N(CCCCS(=O)(=O)[O-])c3ccc4ccccc4c3C2(C)C)=[N+](CCCCS(=O)(=O)[O-])c2ccc3ccccc3c21.N.N.[Cl][Pt][Cl].[Na+]. The molecule has 16 heteroatoms. The molecule has 0 saturated heterocycles. The smallest absolute Gasteiger partial charge is 1.00 e. The Balaban J connectivity index is 0.00000194. The molecule has 0 aromatic heterocycles. The third kappa shape index (κ3) is 12.9. The summed E-state index contributed by atoms with van der Waals surface area (Å²) in [6, 6.07) is 25.2. The first-order chi connectivity index (χ1) is 26.5. The molecule has 6 N–H and O–H groups in total. The van der Waals surface area contributed by atoms with Crippen molar-refractivity contribution >= 4 is 77.7 Å². The van der Waals surface area contributed by atoms with Crippen molar-refractivity contribution < 1.29 is 76.6 Å². The number of halogens is 2.